The first kappa shape index (κ1) is 13.4. The van der Waals surface area contributed by atoms with Crippen LogP contribution in [0.2, 0.25) is 0 Å². The van der Waals surface area contributed by atoms with Gasteiger partial charge in [-0.2, -0.15) is 4.72 Å². The van der Waals surface area contributed by atoms with Crippen LogP contribution in [0.5, 0.6) is 5.75 Å². The predicted molar refractivity (Wildman–Crippen MR) is 58.2 cm³/mol. The molecule has 1 aromatic heterocycles. The lowest BCUT2D eigenvalue weighted by atomic mass is 10.4. The molecule has 0 saturated carbocycles. The molecule has 0 aliphatic carbocycles. The van der Waals surface area contributed by atoms with Gasteiger partial charge in [0, 0.05) is 12.3 Å². The normalized spacial score (nSPS) is 13.1. The van der Waals surface area contributed by atoms with Crippen molar-refractivity contribution in [3.05, 3.63) is 18.5 Å². The molecular formula is C9H12N2O5S. The first-order valence-electron chi connectivity index (χ1n) is 4.61. The molecule has 0 aromatic carbocycles. The van der Waals surface area contributed by atoms with E-state index in [9.17, 15) is 13.2 Å². The molecule has 0 saturated heterocycles. The molecule has 0 unspecified atom stereocenters. The molecule has 0 amide bonds. The second-order valence-corrected chi connectivity index (χ2v) is 4.96. The molecule has 0 bridgehead atoms. The van der Waals surface area contributed by atoms with Crippen molar-refractivity contribution in [2.24, 2.45) is 0 Å². The summed E-state index contributed by atoms with van der Waals surface area (Å²) in [7, 11) is -2.53. The minimum absolute atomic E-state index is 0.148. The maximum absolute atomic E-state index is 11.7. The maximum Gasteiger partial charge on any atom is 0.321 e. The van der Waals surface area contributed by atoms with Crippen LogP contribution in [-0.2, 0) is 14.8 Å². The maximum atomic E-state index is 11.7. The Morgan fingerprint density at radius 1 is 1.53 bits per heavy atom. The number of pyridine rings is 1. The lowest BCUT2D eigenvalue weighted by Gasteiger charge is -2.10. The number of aliphatic carboxylic acids is 1. The summed E-state index contributed by atoms with van der Waals surface area (Å²) in [6.07, 6.45) is 2.46. The topological polar surface area (TPSA) is 106 Å². The lowest BCUT2D eigenvalue weighted by molar-refractivity contribution is -0.138. The van der Waals surface area contributed by atoms with E-state index in [1.807, 2.05) is 4.72 Å². The fourth-order valence-electron chi connectivity index (χ4n) is 1.01. The molecule has 1 rings (SSSR count). The van der Waals surface area contributed by atoms with E-state index in [1.54, 1.807) is 0 Å². The molecule has 1 aromatic rings. The van der Waals surface area contributed by atoms with Crippen LogP contribution in [0.1, 0.15) is 6.92 Å². The third kappa shape index (κ3) is 3.40. The van der Waals surface area contributed by atoms with Crippen molar-refractivity contribution in [3.8, 4) is 5.75 Å². The van der Waals surface area contributed by atoms with Gasteiger partial charge in [0.05, 0.1) is 13.3 Å². The third-order valence-electron chi connectivity index (χ3n) is 1.94. The fourth-order valence-corrected chi connectivity index (χ4v) is 2.18. The van der Waals surface area contributed by atoms with E-state index in [0.717, 1.165) is 6.20 Å². The van der Waals surface area contributed by atoms with Crippen molar-refractivity contribution in [2.45, 2.75) is 17.9 Å². The number of carbonyl (C=O) groups is 1. The van der Waals surface area contributed by atoms with Crippen molar-refractivity contribution >= 4 is 16.0 Å². The molecule has 0 fully saturated rings. The Balaban J connectivity index is 3.01. The van der Waals surface area contributed by atoms with E-state index < -0.39 is 22.0 Å². The summed E-state index contributed by atoms with van der Waals surface area (Å²) in [5.74, 6) is -0.986. The first-order chi connectivity index (χ1) is 7.86. The van der Waals surface area contributed by atoms with Gasteiger partial charge in [-0.25, -0.2) is 8.42 Å². The SMILES string of the molecule is COc1cncc(S(=O)(=O)N[C@@H](C)C(=O)O)c1. The number of ether oxygens (including phenoxy) is 1. The number of aromatic nitrogens is 1. The van der Waals surface area contributed by atoms with Crippen LogP contribution < -0.4 is 9.46 Å². The standard InChI is InChI=1S/C9H12N2O5S/c1-6(9(12)13)11-17(14,15)8-3-7(16-2)4-10-5-8/h3-6,11H,1-2H3,(H,12,13)/t6-/m0/s1. The van der Waals surface area contributed by atoms with E-state index >= 15 is 0 Å². The summed E-state index contributed by atoms with van der Waals surface area (Å²) in [6.45, 7) is 1.23. The molecule has 94 valence electrons. The zero-order chi connectivity index (χ0) is 13.1. The minimum atomic E-state index is -3.91. The van der Waals surface area contributed by atoms with Crippen LogP contribution in [0.25, 0.3) is 0 Å². The van der Waals surface area contributed by atoms with Gasteiger partial charge in [0.15, 0.2) is 0 Å². The zero-order valence-corrected chi connectivity index (χ0v) is 10.1. The van der Waals surface area contributed by atoms with Crippen molar-refractivity contribution in [1.29, 1.82) is 0 Å². The molecule has 0 radical (unpaired) electrons. The number of sulfonamides is 1. The predicted octanol–water partition coefficient (Wildman–Crippen LogP) is -0.158. The first-order valence-corrected chi connectivity index (χ1v) is 6.09. The molecule has 7 nitrogen and oxygen atoms in total. The smallest absolute Gasteiger partial charge is 0.321 e. The average Bonchev–Trinajstić information content (AvgIpc) is 2.28. The number of nitrogens with zero attached hydrogens (tertiary/aromatic N) is 1. The lowest BCUT2D eigenvalue weighted by Crippen LogP contribution is -2.38. The number of hydrogen-bond donors (Lipinski definition) is 2. The molecule has 2 N–H and O–H groups in total. The number of carboxylic acid groups (broad SMARTS) is 1. The monoisotopic (exact) mass is 260 g/mol. The highest BCUT2D eigenvalue weighted by Gasteiger charge is 2.22. The molecule has 0 spiro atoms. The number of rotatable bonds is 5. The third-order valence-corrected chi connectivity index (χ3v) is 3.44. The largest absolute Gasteiger partial charge is 0.495 e. The van der Waals surface area contributed by atoms with Crippen molar-refractivity contribution in [2.75, 3.05) is 7.11 Å². The molecule has 17 heavy (non-hydrogen) atoms. The quantitative estimate of drug-likeness (QED) is 0.762. The second-order valence-electron chi connectivity index (χ2n) is 3.24. The van der Waals surface area contributed by atoms with Gasteiger partial charge in [0.25, 0.3) is 0 Å². The van der Waals surface area contributed by atoms with Gasteiger partial charge < -0.3 is 9.84 Å². The Hall–Kier alpha value is -1.67. The van der Waals surface area contributed by atoms with E-state index in [1.165, 1.54) is 26.3 Å². The van der Waals surface area contributed by atoms with Crippen molar-refractivity contribution in [1.82, 2.24) is 9.71 Å². The Morgan fingerprint density at radius 3 is 2.71 bits per heavy atom. The van der Waals surface area contributed by atoms with Gasteiger partial charge >= 0.3 is 5.97 Å². The van der Waals surface area contributed by atoms with Gasteiger partial charge in [-0.15, -0.1) is 0 Å². The van der Waals surface area contributed by atoms with E-state index in [2.05, 4.69) is 4.98 Å². The molecule has 0 aliphatic heterocycles. The Labute approximate surface area is 98.5 Å². The summed E-state index contributed by atoms with van der Waals surface area (Å²) in [5.41, 5.74) is 0. The Kier molecular flexibility index (Phi) is 4.02. The second kappa shape index (κ2) is 5.11. The summed E-state index contributed by atoms with van der Waals surface area (Å²) < 4.78 is 30.3. The number of nitrogens with one attached hydrogen (secondary N) is 1. The van der Waals surface area contributed by atoms with Crippen LogP contribution >= 0.6 is 0 Å². The Bertz CT molecular complexity index is 514. The van der Waals surface area contributed by atoms with E-state index in [4.69, 9.17) is 9.84 Å². The van der Waals surface area contributed by atoms with Crippen LogP contribution in [0, 0.1) is 0 Å². The number of methoxy groups -OCH3 is 1. The van der Waals surface area contributed by atoms with Gasteiger partial charge in [0.2, 0.25) is 10.0 Å². The van der Waals surface area contributed by atoms with Gasteiger partial charge in [-0.3, -0.25) is 9.78 Å². The highest BCUT2D eigenvalue weighted by Crippen LogP contribution is 2.15. The van der Waals surface area contributed by atoms with Crippen molar-refractivity contribution in [3.63, 3.8) is 0 Å². The summed E-state index contributed by atoms with van der Waals surface area (Å²) >= 11 is 0. The minimum Gasteiger partial charge on any atom is -0.495 e. The van der Waals surface area contributed by atoms with E-state index in [0.29, 0.717) is 0 Å². The Morgan fingerprint density at radius 2 is 2.18 bits per heavy atom. The summed E-state index contributed by atoms with van der Waals surface area (Å²) in [4.78, 5) is 14.1. The number of carboxylic acids is 1. The van der Waals surface area contributed by atoms with Crippen LogP contribution in [0.3, 0.4) is 0 Å². The highest BCUT2D eigenvalue weighted by molar-refractivity contribution is 7.89. The van der Waals surface area contributed by atoms with Crippen LogP contribution in [0.15, 0.2) is 23.4 Å². The fraction of sp³-hybridized carbons (Fsp3) is 0.333. The summed E-state index contributed by atoms with van der Waals surface area (Å²) in [5, 5.41) is 8.63. The van der Waals surface area contributed by atoms with Gasteiger partial charge in [-0.1, -0.05) is 0 Å². The molecule has 1 atom stereocenters. The zero-order valence-electron chi connectivity index (χ0n) is 9.25. The van der Waals surface area contributed by atoms with E-state index in [-0.39, 0.29) is 10.6 Å². The van der Waals surface area contributed by atoms with Crippen LogP contribution in [-0.4, -0.2) is 37.6 Å². The number of hydrogen-bond acceptors (Lipinski definition) is 5. The molecule has 1 heterocycles. The average molecular weight is 260 g/mol. The van der Waals surface area contributed by atoms with Gasteiger partial charge in [-0.05, 0) is 6.92 Å². The molecule has 0 aliphatic rings. The van der Waals surface area contributed by atoms with Crippen molar-refractivity contribution < 1.29 is 23.1 Å². The summed E-state index contributed by atoms with van der Waals surface area (Å²) in [6, 6.07) is 0.0374. The highest BCUT2D eigenvalue weighted by atomic mass is 32.2. The molecular weight excluding hydrogens is 248 g/mol. The van der Waals surface area contributed by atoms with Gasteiger partial charge in [0.1, 0.15) is 16.7 Å². The van der Waals surface area contributed by atoms with Crippen LogP contribution in [0.4, 0.5) is 0 Å². The molecule has 8 heteroatoms.